The number of hydrogen-bond acceptors (Lipinski definition) is 6. The van der Waals surface area contributed by atoms with Crippen LogP contribution in [-0.4, -0.2) is 44.7 Å². The molecule has 0 spiro atoms. The lowest BCUT2D eigenvalue weighted by atomic mass is 10.00. The number of ether oxygens (including phenoxy) is 2. The van der Waals surface area contributed by atoms with Gasteiger partial charge < -0.3 is 20.1 Å². The van der Waals surface area contributed by atoms with Crippen LogP contribution in [0.1, 0.15) is 40.1 Å². The van der Waals surface area contributed by atoms with Crippen LogP contribution < -0.4 is 5.73 Å². The molecular formula is C24H22FN5O3. The van der Waals surface area contributed by atoms with Crippen molar-refractivity contribution in [1.29, 1.82) is 0 Å². The van der Waals surface area contributed by atoms with Gasteiger partial charge in [0.05, 0.1) is 60.8 Å². The van der Waals surface area contributed by atoms with Gasteiger partial charge in [0.1, 0.15) is 11.6 Å². The quantitative estimate of drug-likeness (QED) is 0.507. The van der Waals surface area contributed by atoms with Crippen LogP contribution in [-0.2, 0) is 22.7 Å². The number of halogens is 1. The molecule has 2 N–H and O–H groups in total. The Hall–Kier alpha value is -3.56. The lowest BCUT2D eigenvalue weighted by Gasteiger charge is -2.39. The van der Waals surface area contributed by atoms with Gasteiger partial charge in [-0.05, 0) is 36.8 Å². The summed E-state index contributed by atoms with van der Waals surface area (Å²) in [6, 6.07) is 9.86. The van der Waals surface area contributed by atoms with Crippen molar-refractivity contribution in [1.82, 2.24) is 19.5 Å². The summed E-state index contributed by atoms with van der Waals surface area (Å²) >= 11 is 0. The number of nitrogen functional groups attached to an aromatic ring is 1. The number of fused-ring (bicyclic) bond motifs is 4. The summed E-state index contributed by atoms with van der Waals surface area (Å²) in [5.41, 5.74) is 9.70. The van der Waals surface area contributed by atoms with Crippen LogP contribution >= 0.6 is 0 Å². The van der Waals surface area contributed by atoms with E-state index >= 15 is 4.39 Å². The van der Waals surface area contributed by atoms with E-state index in [9.17, 15) is 4.79 Å². The highest BCUT2D eigenvalue weighted by atomic mass is 19.1. The first-order valence-corrected chi connectivity index (χ1v) is 10.8. The van der Waals surface area contributed by atoms with E-state index in [4.69, 9.17) is 15.2 Å². The molecule has 5 heterocycles. The Morgan fingerprint density at radius 1 is 1.15 bits per heavy atom. The molecule has 2 aliphatic heterocycles. The van der Waals surface area contributed by atoms with Gasteiger partial charge in [-0.3, -0.25) is 4.79 Å². The number of carbonyl (C=O) groups is 1. The predicted molar refractivity (Wildman–Crippen MR) is 119 cm³/mol. The maximum absolute atomic E-state index is 15.2. The molecule has 0 unspecified atom stereocenters. The lowest BCUT2D eigenvalue weighted by molar-refractivity contribution is -0.0329. The van der Waals surface area contributed by atoms with Crippen molar-refractivity contribution in [2.24, 2.45) is 0 Å². The maximum Gasteiger partial charge on any atom is 0.257 e. The predicted octanol–water partition coefficient (Wildman–Crippen LogP) is 3.24. The third kappa shape index (κ3) is 3.15. The summed E-state index contributed by atoms with van der Waals surface area (Å²) < 4.78 is 28.3. The molecule has 3 aromatic heterocycles. The van der Waals surface area contributed by atoms with Crippen molar-refractivity contribution in [2.75, 3.05) is 18.9 Å². The second-order valence-corrected chi connectivity index (χ2v) is 8.55. The van der Waals surface area contributed by atoms with Gasteiger partial charge in [-0.25, -0.2) is 13.9 Å². The molecule has 168 valence electrons. The van der Waals surface area contributed by atoms with Crippen LogP contribution in [0.5, 0.6) is 0 Å². The molecule has 33 heavy (non-hydrogen) atoms. The fraction of sp³-hybridized carbons (Fsp3) is 0.292. The van der Waals surface area contributed by atoms with E-state index in [1.165, 1.54) is 6.07 Å². The van der Waals surface area contributed by atoms with E-state index in [2.05, 4.69) is 10.1 Å². The summed E-state index contributed by atoms with van der Waals surface area (Å²) in [4.78, 5) is 19.8. The molecule has 0 radical (unpaired) electrons. The molecule has 0 aliphatic carbocycles. The molecule has 1 aromatic carbocycles. The third-order valence-corrected chi connectivity index (χ3v) is 6.46. The van der Waals surface area contributed by atoms with Crippen LogP contribution in [0.25, 0.3) is 16.4 Å². The molecule has 9 heteroatoms. The maximum atomic E-state index is 15.2. The monoisotopic (exact) mass is 447 g/mol. The van der Waals surface area contributed by atoms with Gasteiger partial charge in [0.25, 0.3) is 5.91 Å². The summed E-state index contributed by atoms with van der Waals surface area (Å²) in [5.74, 6) is -0.704. The molecular weight excluding hydrogens is 425 g/mol. The average molecular weight is 447 g/mol. The molecule has 8 nitrogen and oxygen atoms in total. The lowest BCUT2D eigenvalue weighted by Crippen LogP contribution is -2.49. The Bertz CT molecular complexity index is 1390. The highest BCUT2D eigenvalue weighted by Gasteiger charge is 2.37. The normalized spacial score (nSPS) is 20.5. The molecule has 1 fully saturated rings. The van der Waals surface area contributed by atoms with Crippen molar-refractivity contribution < 1.29 is 18.7 Å². The molecule has 0 bridgehead atoms. The minimum absolute atomic E-state index is 0.00862. The number of hydrogen-bond donors (Lipinski definition) is 1. The summed E-state index contributed by atoms with van der Waals surface area (Å²) in [6.45, 7) is 3.27. The van der Waals surface area contributed by atoms with Crippen molar-refractivity contribution in [3.05, 3.63) is 70.8 Å². The van der Waals surface area contributed by atoms with Crippen LogP contribution in [0.3, 0.4) is 0 Å². The third-order valence-electron chi connectivity index (χ3n) is 6.46. The number of benzene rings is 1. The molecule has 6 rings (SSSR count). The van der Waals surface area contributed by atoms with Crippen LogP contribution in [0, 0.1) is 5.82 Å². The van der Waals surface area contributed by atoms with Crippen molar-refractivity contribution in [3.8, 4) is 0 Å². The molecule has 2 aliphatic rings. The zero-order valence-electron chi connectivity index (χ0n) is 18.0. The van der Waals surface area contributed by atoms with Crippen molar-refractivity contribution in [3.63, 3.8) is 0 Å². The number of carbonyl (C=O) groups excluding carboxylic acids is 1. The van der Waals surface area contributed by atoms with Gasteiger partial charge in [0.15, 0.2) is 0 Å². The number of rotatable bonds is 2. The SMILES string of the molecule is C[C@H]1COC[C@@H](c2cc3ccccn3n2)N1C(=O)c1cc2c3c(c(N)nc2cc1F)COC3. The zero-order chi connectivity index (χ0) is 22.7. The average Bonchev–Trinajstić information content (AvgIpc) is 3.46. The van der Waals surface area contributed by atoms with Gasteiger partial charge in [-0.15, -0.1) is 0 Å². The molecule has 1 saturated heterocycles. The number of pyridine rings is 2. The van der Waals surface area contributed by atoms with E-state index in [1.54, 1.807) is 15.5 Å². The summed E-state index contributed by atoms with van der Waals surface area (Å²) in [5, 5.41) is 5.32. The van der Waals surface area contributed by atoms with Gasteiger partial charge in [0, 0.05) is 23.2 Å². The fourth-order valence-corrected chi connectivity index (χ4v) is 4.80. The number of morpholine rings is 1. The molecule has 0 saturated carbocycles. The Labute approximate surface area is 188 Å². The van der Waals surface area contributed by atoms with Gasteiger partial charge in [-0.1, -0.05) is 6.07 Å². The van der Waals surface area contributed by atoms with E-state index in [1.807, 2.05) is 37.4 Å². The molecule has 2 atom stereocenters. The largest absolute Gasteiger partial charge is 0.383 e. The number of nitrogens with zero attached hydrogens (tertiary/aromatic N) is 4. The van der Waals surface area contributed by atoms with Gasteiger partial charge in [-0.2, -0.15) is 5.10 Å². The fourth-order valence-electron chi connectivity index (χ4n) is 4.80. The van der Waals surface area contributed by atoms with E-state index in [-0.39, 0.29) is 18.2 Å². The first-order chi connectivity index (χ1) is 16.0. The van der Waals surface area contributed by atoms with E-state index in [0.29, 0.717) is 42.2 Å². The minimum Gasteiger partial charge on any atom is -0.383 e. The standard InChI is InChI=1S/C24H22FN5O3/c1-13-9-32-12-22(21-6-14-4-2-3-5-29(14)28-21)30(13)24(31)16-7-15-17-10-33-11-18(17)23(26)27-20(15)8-19(16)25/h2-8,13,22H,9-12H2,1H3,(H2,26,27)/t13-,22-/m0/s1. The highest BCUT2D eigenvalue weighted by molar-refractivity contribution is 6.00. The second kappa shape index (κ2) is 7.50. The van der Waals surface area contributed by atoms with Crippen LogP contribution in [0.2, 0.25) is 0 Å². The zero-order valence-corrected chi connectivity index (χ0v) is 18.0. The first-order valence-electron chi connectivity index (χ1n) is 10.8. The Morgan fingerprint density at radius 3 is 2.85 bits per heavy atom. The first kappa shape index (κ1) is 20.1. The van der Waals surface area contributed by atoms with Crippen molar-refractivity contribution in [2.45, 2.75) is 32.2 Å². The highest BCUT2D eigenvalue weighted by Crippen LogP contribution is 2.34. The van der Waals surface area contributed by atoms with Gasteiger partial charge in [0.2, 0.25) is 0 Å². The number of anilines is 1. The van der Waals surface area contributed by atoms with Gasteiger partial charge >= 0.3 is 0 Å². The Kier molecular flexibility index (Phi) is 4.56. The topological polar surface area (TPSA) is 95.0 Å². The molecule has 4 aromatic rings. The van der Waals surface area contributed by atoms with Crippen LogP contribution in [0.15, 0.2) is 42.6 Å². The van der Waals surface area contributed by atoms with Crippen LogP contribution in [0.4, 0.5) is 10.2 Å². The second-order valence-electron chi connectivity index (χ2n) is 8.55. The number of aromatic nitrogens is 3. The number of amides is 1. The number of nitrogens with two attached hydrogens (primary N) is 1. The molecule has 1 amide bonds. The smallest absolute Gasteiger partial charge is 0.257 e. The summed E-state index contributed by atoms with van der Waals surface area (Å²) in [7, 11) is 0. The van der Waals surface area contributed by atoms with E-state index in [0.717, 1.165) is 16.6 Å². The van der Waals surface area contributed by atoms with Crippen molar-refractivity contribution >= 4 is 28.1 Å². The Morgan fingerprint density at radius 2 is 2.00 bits per heavy atom. The Balaban J connectivity index is 1.45. The minimum atomic E-state index is -0.634. The van der Waals surface area contributed by atoms with E-state index < -0.39 is 17.8 Å². The summed E-state index contributed by atoms with van der Waals surface area (Å²) in [6.07, 6.45) is 1.85.